The quantitative estimate of drug-likeness (QED) is 0.595. The first-order valence-electron chi connectivity index (χ1n) is 7.05. The summed E-state index contributed by atoms with van der Waals surface area (Å²) in [7, 11) is -3.39. The van der Waals surface area contributed by atoms with Crippen molar-refractivity contribution >= 4 is 16.0 Å². The van der Waals surface area contributed by atoms with Crippen LogP contribution in [0.5, 0.6) is 5.75 Å². The SMILES string of the molecule is CS(=O)(=O)N[C@@H]1CN(Cc2ccccc2OCC(=O)O)C[C@H]1O. The van der Waals surface area contributed by atoms with Crippen LogP contribution in [0.3, 0.4) is 0 Å². The van der Waals surface area contributed by atoms with E-state index in [1.165, 1.54) is 0 Å². The van der Waals surface area contributed by atoms with Crippen molar-refractivity contribution in [2.24, 2.45) is 0 Å². The third-order valence-corrected chi connectivity index (χ3v) is 4.18. The molecule has 0 aromatic heterocycles. The first kappa shape index (κ1) is 17.7. The van der Waals surface area contributed by atoms with Crippen molar-refractivity contribution in [3.05, 3.63) is 29.8 Å². The number of carboxylic acids is 1. The van der Waals surface area contributed by atoms with Crippen LogP contribution in [0, 0.1) is 0 Å². The highest BCUT2D eigenvalue weighted by Crippen LogP contribution is 2.22. The standard InChI is InChI=1S/C14H20N2O6S/c1-23(20,21)15-11-7-16(8-12(11)17)6-10-4-2-3-5-13(10)22-9-14(18)19/h2-5,11-12,15,17H,6-9H2,1H3,(H,18,19)/t11-,12-/m1/s1. The topological polar surface area (TPSA) is 116 Å². The fourth-order valence-corrected chi connectivity index (χ4v) is 3.32. The lowest BCUT2D eigenvalue weighted by Gasteiger charge is -2.18. The number of para-hydroxylation sites is 1. The summed E-state index contributed by atoms with van der Waals surface area (Å²) in [4.78, 5) is 12.5. The highest BCUT2D eigenvalue weighted by Gasteiger charge is 2.33. The zero-order chi connectivity index (χ0) is 17.0. The molecule has 3 N–H and O–H groups in total. The third-order valence-electron chi connectivity index (χ3n) is 3.45. The second kappa shape index (κ2) is 7.26. The largest absolute Gasteiger partial charge is 0.482 e. The van der Waals surface area contributed by atoms with Gasteiger partial charge in [0.2, 0.25) is 10.0 Å². The van der Waals surface area contributed by atoms with E-state index in [2.05, 4.69) is 4.72 Å². The van der Waals surface area contributed by atoms with Crippen molar-refractivity contribution < 1.29 is 28.2 Å². The van der Waals surface area contributed by atoms with E-state index < -0.39 is 34.7 Å². The fraction of sp³-hybridized carbons (Fsp3) is 0.500. The second-order valence-electron chi connectivity index (χ2n) is 5.55. The molecule has 1 aromatic rings. The summed E-state index contributed by atoms with van der Waals surface area (Å²) in [6, 6.07) is 6.48. The van der Waals surface area contributed by atoms with Gasteiger partial charge >= 0.3 is 5.97 Å². The van der Waals surface area contributed by atoms with Gasteiger partial charge in [0.15, 0.2) is 6.61 Å². The molecule has 23 heavy (non-hydrogen) atoms. The van der Waals surface area contributed by atoms with Gasteiger partial charge in [0.05, 0.1) is 18.4 Å². The van der Waals surface area contributed by atoms with Crippen LogP contribution < -0.4 is 9.46 Å². The molecule has 1 aliphatic rings. The molecular weight excluding hydrogens is 324 g/mol. The van der Waals surface area contributed by atoms with Gasteiger partial charge in [-0.2, -0.15) is 0 Å². The van der Waals surface area contributed by atoms with E-state index in [0.717, 1.165) is 11.8 Å². The molecule has 0 bridgehead atoms. The normalized spacial score (nSPS) is 22.2. The minimum absolute atomic E-state index is 0.320. The Morgan fingerprint density at radius 3 is 2.74 bits per heavy atom. The van der Waals surface area contributed by atoms with E-state index >= 15 is 0 Å². The Kier molecular flexibility index (Phi) is 5.58. The summed E-state index contributed by atoms with van der Waals surface area (Å²) in [6.07, 6.45) is 0.258. The average molecular weight is 344 g/mol. The summed E-state index contributed by atoms with van der Waals surface area (Å²) in [6.45, 7) is 0.675. The summed E-state index contributed by atoms with van der Waals surface area (Å²) in [5.41, 5.74) is 0.779. The molecule has 1 aliphatic heterocycles. The number of carbonyl (C=O) groups is 1. The smallest absolute Gasteiger partial charge is 0.341 e. The molecule has 0 spiro atoms. The number of ether oxygens (including phenoxy) is 1. The number of hydrogen-bond donors (Lipinski definition) is 3. The molecule has 0 aliphatic carbocycles. The molecule has 1 heterocycles. The Labute approximate surface area is 134 Å². The van der Waals surface area contributed by atoms with Gasteiger partial charge in [0, 0.05) is 25.2 Å². The average Bonchev–Trinajstić information content (AvgIpc) is 2.75. The first-order chi connectivity index (χ1) is 10.7. The monoisotopic (exact) mass is 344 g/mol. The number of sulfonamides is 1. The van der Waals surface area contributed by atoms with Crippen LogP contribution >= 0.6 is 0 Å². The number of nitrogens with one attached hydrogen (secondary N) is 1. The number of aliphatic hydroxyl groups is 1. The predicted octanol–water partition coefficient (Wildman–Crippen LogP) is -0.756. The Bertz CT molecular complexity index is 663. The van der Waals surface area contributed by atoms with Gasteiger partial charge in [0.25, 0.3) is 0 Å². The van der Waals surface area contributed by atoms with E-state index in [1.807, 2.05) is 11.0 Å². The second-order valence-corrected chi connectivity index (χ2v) is 7.33. The maximum absolute atomic E-state index is 11.3. The summed E-state index contributed by atoms with van der Waals surface area (Å²) < 4.78 is 30.2. The van der Waals surface area contributed by atoms with Crippen LogP contribution in [0.2, 0.25) is 0 Å². The molecule has 1 aromatic carbocycles. The van der Waals surface area contributed by atoms with Crippen LogP contribution in [0.1, 0.15) is 5.56 Å². The number of hydrogen-bond acceptors (Lipinski definition) is 6. The number of carboxylic acid groups (broad SMARTS) is 1. The predicted molar refractivity (Wildman–Crippen MR) is 82.6 cm³/mol. The summed E-state index contributed by atoms with van der Waals surface area (Å²) in [5.74, 6) is -0.599. The van der Waals surface area contributed by atoms with Crippen LogP contribution in [-0.4, -0.2) is 67.6 Å². The van der Waals surface area contributed by atoms with Crippen molar-refractivity contribution in [3.63, 3.8) is 0 Å². The van der Waals surface area contributed by atoms with Gasteiger partial charge in [-0.05, 0) is 6.07 Å². The lowest BCUT2D eigenvalue weighted by Crippen LogP contribution is -2.42. The van der Waals surface area contributed by atoms with Crippen LogP contribution in [0.25, 0.3) is 0 Å². The molecule has 9 heteroatoms. The number of aliphatic carboxylic acids is 1. The third kappa shape index (κ3) is 5.47. The zero-order valence-electron chi connectivity index (χ0n) is 12.7. The fourth-order valence-electron chi connectivity index (χ4n) is 2.54. The molecule has 0 unspecified atom stereocenters. The van der Waals surface area contributed by atoms with Crippen molar-refractivity contribution in [3.8, 4) is 5.75 Å². The minimum atomic E-state index is -3.39. The van der Waals surface area contributed by atoms with Crippen LogP contribution in [0.15, 0.2) is 24.3 Å². The Morgan fingerprint density at radius 2 is 2.09 bits per heavy atom. The molecule has 2 atom stereocenters. The molecule has 1 fully saturated rings. The van der Waals surface area contributed by atoms with E-state index in [-0.39, 0.29) is 0 Å². The van der Waals surface area contributed by atoms with Crippen molar-refractivity contribution in [1.82, 2.24) is 9.62 Å². The van der Waals surface area contributed by atoms with Crippen molar-refractivity contribution in [1.29, 1.82) is 0 Å². The van der Waals surface area contributed by atoms with Gasteiger partial charge in [-0.25, -0.2) is 17.9 Å². The van der Waals surface area contributed by atoms with Crippen LogP contribution in [0.4, 0.5) is 0 Å². The van der Waals surface area contributed by atoms with Crippen LogP contribution in [-0.2, 0) is 21.4 Å². The van der Waals surface area contributed by atoms with Crippen molar-refractivity contribution in [2.45, 2.75) is 18.7 Å². The molecule has 128 valence electrons. The van der Waals surface area contributed by atoms with Gasteiger partial charge < -0.3 is 14.9 Å². The maximum Gasteiger partial charge on any atom is 0.341 e. The Balaban J connectivity index is 2.01. The number of aliphatic hydroxyl groups excluding tert-OH is 1. The molecule has 2 rings (SSSR count). The number of nitrogens with zero attached hydrogens (tertiary/aromatic N) is 1. The Hall–Kier alpha value is -1.68. The first-order valence-corrected chi connectivity index (χ1v) is 8.94. The molecule has 8 nitrogen and oxygen atoms in total. The molecule has 0 amide bonds. The maximum atomic E-state index is 11.3. The highest BCUT2D eigenvalue weighted by molar-refractivity contribution is 7.88. The molecular formula is C14H20N2O6S. The van der Waals surface area contributed by atoms with Gasteiger partial charge in [0.1, 0.15) is 5.75 Å². The lowest BCUT2D eigenvalue weighted by molar-refractivity contribution is -0.139. The molecule has 0 radical (unpaired) electrons. The van der Waals surface area contributed by atoms with Gasteiger partial charge in [-0.15, -0.1) is 0 Å². The summed E-state index contributed by atoms with van der Waals surface area (Å²) in [5, 5.41) is 18.7. The lowest BCUT2D eigenvalue weighted by atomic mass is 10.2. The molecule has 1 saturated heterocycles. The number of rotatable bonds is 7. The number of β-amino-alcohol motifs (C(OH)–C–C–N with tert-alkyl or cyclic N) is 1. The van der Waals surface area contributed by atoms with Crippen molar-refractivity contribution in [2.75, 3.05) is 26.0 Å². The van der Waals surface area contributed by atoms with E-state index in [1.54, 1.807) is 18.2 Å². The Morgan fingerprint density at radius 1 is 1.39 bits per heavy atom. The van der Waals surface area contributed by atoms with E-state index in [9.17, 15) is 18.3 Å². The molecule has 0 saturated carbocycles. The number of benzene rings is 1. The summed E-state index contributed by atoms with van der Waals surface area (Å²) >= 11 is 0. The van der Waals surface area contributed by atoms with E-state index in [0.29, 0.717) is 25.4 Å². The highest BCUT2D eigenvalue weighted by atomic mass is 32.2. The van der Waals surface area contributed by atoms with Gasteiger partial charge in [-0.3, -0.25) is 4.90 Å². The van der Waals surface area contributed by atoms with Gasteiger partial charge in [-0.1, -0.05) is 18.2 Å². The number of likely N-dealkylation sites (tertiary alicyclic amines) is 1. The zero-order valence-corrected chi connectivity index (χ0v) is 13.5. The van der Waals surface area contributed by atoms with E-state index in [4.69, 9.17) is 9.84 Å². The minimum Gasteiger partial charge on any atom is -0.482 e.